The van der Waals surface area contributed by atoms with E-state index in [1.54, 1.807) is 30.9 Å². The van der Waals surface area contributed by atoms with Crippen LogP contribution in [0.2, 0.25) is 0 Å². The van der Waals surface area contributed by atoms with Gasteiger partial charge in [-0.3, -0.25) is 4.79 Å². The first-order valence-corrected chi connectivity index (χ1v) is 19.4. The van der Waals surface area contributed by atoms with Crippen molar-refractivity contribution < 1.29 is 43.9 Å². The van der Waals surface area contributed by atoms with E-state index in [0.717, 1.165) is 31.5 Å². The van der Waals surface area contributed by atoms with Crippen molar-refractivity contribution in [2.45, 2.75) is 160 Å². The number of aliphatic hydroxyl groups excluding tert-OH is 2. The fourth-order valence-electron chi connectivity index (χ4n) is 7.84. The average molecular weight is 719 g/mol. The van der Waals surface area contributed by atoms with E-state index in [-0.39, 0.29) is 43.0 Å². The highest BCUT2D eigenvalue weighted by Gasteiger charge is 2.47. The molecule has 290 valence electrons. The van der Waals surface area contributed by atoms with E-state index >= 15 is 0 Å². The SMILES string of the molecule is CCOC1(C)CCC(O)CC(=O)OC(/C(C)=C/C=C/C(C)(O)CC2OC2C(C)C(C)O)C(C)C=CC1OC(=O)N1CCC(N2CCCCC2)CC1. The molecule has 10 atom stereocenters. The molecule has 1 amide bonds. The van der Waals surface area contributed by atoms with E-state index in [2.05, 4.69) is 4.90 Å². The molecule has 4 aliphatic rings. The zero-order valence-electron chi connectivity index (χ0n) is 32.2. The molecule has 3 fully saturated rings. The molecule has 0 aromatic carbocycles. The standard InChI is InChI=1S/C40H66N2O9/c1-8-48-40(7)20-16-32(44)25-35(45)51-36(27(2)13-12-19-39(6,47)26-33-37(49-33)29(4)30(5)43)28(3)14-15-34(40)50-38(46)42-23-17-31(18-24-42)41-21-10-9-11-22-41/h12-15,19,28-34,36-37,43-44,47H,8-11,16-18,20-26H2,1-7H3/b15-14?,19-12+,27-13+. The Morgan fingerprint density at radius 2 is 1.82 bits per heavy atom. The van der Waals surface area contributed by atoms with Gasteiger partial charge in [0.25, 0.3) is 0 Å². The number of hydrogen-bond donors (Lipinski definition) is 3. The van der Waals surface area contributed by atoms with Gasteiger partial charge in [-0.25, -0.2) is 4.79 Å². The van der Waals surface area contributed by atoms with Crippen LogP contribution in [0, 0.1) is 11.8 Å². The molecule has 0 radical (unpaired) electrons. The van der Waals surface area contributed by atoms with Gasteiger partial charge >= 0.3 is 12.1 Å². The van der Waals surface area contributed by atoms with Crippen LogP contribution in [-0.2, 0) is 23.7 Å². The third-order valence-corrected chi connectivity index (χ3v) is 11.4. The van der Waals surface area contributed by atoms with E-state index in [9.17, 15) is 24.9 Å². The number of epoxide rings is 1. The number of nitrogens with zero attached hydrogens (tertiary/aromatic N) is 2. The minimum atomic E-state index is -1.14. The molecule has 10 unspecified atom stereocenters. The molecule has 11 heteroatoms. The predicted molar refractivity (Wildman–Crippen MR) is 196 cm³/mol. The number of cyclic esters (lactones) is 1. The third-order valence-electron chi connectivity index (χ3n) is 11.4. The number of amides is 1. The summed E-state index contributed by atoms with van der Waals surface area (Å²) >= 11 is 0. The van der Waals surface area contributed by atoms with Gasteiger partial charge in [0.2, 0.25) is 0 Å². The second-order valence-electron chi connectivity index (χ2n) is 16.0. The van der Waals surface area contributed by atoms with Crippen LogP contribution in [-0.4, -0.2) is 124 Å². The predicted octanol–water partition coefficient (Wildman–Crippen LogP) is 5.31. The molecule has 4 heterocycles. The van der Waals surface area contributed by atoms with Crippen LogP contribution in [0.4, 0.5) is 4.79 Å². The molecule has 11 nitrogen and oxygen atoms in total. The van der Waals surface area contributed by atoms with Crippen LogP contribution < -0.4 is 0 Å². The Bertz CT molecular complexity index is 1220. The van der Waals surface area contributed by atoms with Gasteiger partial charge in [-0.15, -0.1) is 0 Å². The van der Waals surface area contributed by atoms with Crippen molar-refractivity contribution >= 4 is 12.1 Å². The number of likely N-dealkylation sites (tertiary alicyclic amines) is 2. The second kappa shape index (κ2) is 18.7. The normalized spacial score (nSPS) is 34.6. The van der Waals surface area contributed by atoms with Crippen LogP contribution in [0.15, 0.2) is 36.0 Å². The third kappa shape index (κ3) is 12.1. The van der Waals surface area contributed by atoms with Crippen molar-refractivity contribution in [3.63, 3.8) is 0 Å². The summed E-state index contributed by atoms with van der Waals surface area (Å²) in [5.74, 6) is -0.835. The Balaban J connectivity index is 1.48. The number of rotatable bonds is 11. The van der Waals surface area contributed by atoms with Crippen LogP contribution in [0.1, 0.15) is 106 Å². The molecule has 0 aliphatic carbocycles. The maximum atomic E-state index is 13.7. The van der Waals surface area contributed by atoms with Gasteiger partial charge < -0.3 is 44.1 Å². The second-order valence-corrected chi connectivity index (χ2v) is 16.0. The van der Waals surface area contributed by atoms with Gasteiger partial charge in [-0.2, -0.15) is 0 Å². The van der Waals surface area contributed by atoms with Crippen molar-refractivity contribution in [1.29, 1.82) is 0 Å². The number of allylic oxidation sites excluding steroid dienone is 2. The minimum Gasteiger partial charge on any atom is -0.457 e. The van der Waals surface area contributed by atoms with Gasteiger partial charge in [0.1, 0.15) is 11.7 Å². The molecule has 0 spiro atoms. The van der Waals surface area contributed by atoms with Crippen molar-refractivity contribution in [3.8, 4) is 0 Å². The van der Waals surface area contributed by atoms with E-state index in [1.165, 1.54) is 19.3 Å². The molecular formula is C40H66N2O9. The largest absolute Gasteiger partial charge is 0.457 e. The van der Waals surface area contributed by atoms with Crippen LogP contribution in [0.5, 0.6) is 0 Å². The molecule has 0 saturated carbocycles. The van der Waals surface area contributed by atoms with Crippen LogP contribution in [0.3, 0.4) is 0 Å². The van der Waals surface area contributed by atoms with Gasteiger partial charge in [-0.1, -0.05) is 44.6 Å². The van der Waals surface area contributed by atoms with Crippen molar-refractivity contribution in [2.24, 2.45) is 11.8 Å². The number of ether oxygens (including phenoxy) is 4. The summed E-state index contributed by atoms with van der Waals surface area (Å²) in [4.78, 5) is 31.1. The Morgan fingerprint density at radius 1 is 1.14 bits per heavy atom. The monoisotopic (exact) mass is 718 g/mol. The summed E-state index contributed by atoms with van der Waals surface area (Å²) in [5.41, 5.74) is -1.32. The summed E-state index contributed by atoms with van der Waals surface area (Å²) in [6, 6.07) is 0.507. The first-order chi connectivity index (χ1) is 24.1. The summed E-state index contributed by atoms with van der Waals surface area (Å²) in [5, 5.41) is 31.8. The van der Waals surface area contributed by atoms with Gasteiger partial charge in [0.15, 0.2) is 6.10 Å². The number of carbonyl (C=O) groups is 2. The van der Waals surface area contributed by atoms with Gasteiger partial charge in [0.05, 0.1) is 36.4 Å². The number of carbonyl (C=O) groups excluding carboxylic acids is 2. The maximum absolute atomic E-state index is 13.7. The fraction of sp³-hybridized carbons (Fsp3) is 0.800. The van der Waals surface area contributed by atoms with E-state index < -0.39 is 41.6 Å². The lowest BCUT2D eigenvalue weighted by Gasteiger charge is -2.41. The summed E-state index contributed by atoms with van der Waals surface area (Å²) in [6.07, 6.45) is 12.1. The molecular weight excluding hydrogens is 652 g/mol. The first-order valence-electron chi connectivity index (χ1n) is 19.4. The highest BCUT2D eigenvalue weighted by molar-refractivity contribution is 5.70. The Labute approximate surface area is 306 Å². The number of esters is 1. The molecule has 4 aliphatic heterocycles. The highest BCUT2D eigenvalue weighted by Crippen LogP contribution is 2.37. The molecule has 4 rings (SSSR count). The molecule has 0 bridgehead atoms. The van der Waals surface area contributed by atoms with Crippen molar-refractivity contribution in [1.82, 2.24) is 9.80 Å². The van der Waals surface area contributed by atoms with Crippen LogP contribution >= 0.6 is 0 Å². The first kappa shape index (κ1) is 41.5. The lowest BCUT2D eigenvalue weighted by molar-refractivity contribution is -0.152. The number of hydrogen-bond acceptors (Lipinski definition) is 10. The number of aliphatic hydroxyl groups is 3. The molecule has 3 N–H and O–H groups in total. The molecule has 51 heavy (non-hydrogen) atoms. The zero-order valence-corrected chi connectivity index (χ0v) is 32.2. The smallest absolute Gasteiger partial charge is 0.410 e. The zero-order chi connectivity index (χ0) is 37.3. The quantitative estimate of drug-likeness (QED) is 0.111. The lowest BCUT2D eigenvalue weighted by Crippen LogP contribution is -2.51. The van der Waals surface area contributed by atoms with E-state index in [1.807, 2.05) is 52.8 Å². The Morgan fingerprint density at radius 3 is 2.47 bits per heavy atom. The summed E-state index contributed by atoms with van der Waals surface area (Å²) in [6.45, 7) is 17.0. The number of piperidine rings is 2. The summed E-state index contributed by atoms with van der Waals surface area (Å²) in [7, 11) is 0. The topological polar surface area (TPSA) is 142 Å². The average Bonchev–Trinajstić information content (AvgIpc) is 3.85. The Kier molecular flexibility index (Phi) is 15.2. The minimum absolute atomic E-state index is 0.0165. The highest BCUT2D eigenvalue weighted by atomic mass is 16.6. The maximum Gasteiger partial charge on any atom is 0.410 e. The summed E-state index contributed by atoms with van der Waals surface area (Å²) < 4.78 is 24.2. The molecule has 0 aromatic heterocycles. The van der Waals surface area contributed by atoms with Crippen LogP contribution in [0.25, 0.3) is 0 Å². The molecule has 0 aromatic rings. The van der Waals surface area contributed by atoms with Crippen molar-refractivity contribution in [2.75, 3.05) is 32.8 Å². The van der Waals surface area contributed by atoms with Gasteiger partial charge in [-0.05, 0) is 97.9 Å². The lowest BCUT2D eigenvalue weighted by atomic mass is 9.88. The van der Waals surface area contributed by atoms with E-state index in [4.69, 9.17) is 18.9 Å². The van der Waals surface area contributed by atoms with E-state index in [0.29, 0.717) is 38.6 Å². The molecule has 3 saturated heterocycles. The Hall–Kier alpha value is -2.28. The fourth-order valence-corrected chi connectivity index (χ4v) is 7.84. The van der Waals surface area contributed by atoms with Gasteiger partial charge in [0, 0.05) is 44.0 Å². The van der Waals surface area contributed by atoms with Crippen molar-refractivity contribution in [3.05, 3.63) is 36.0 Å².